The second-order valence-corrected chi connectivity index (χ2v) is 6.33. The highest BCUT2D eigenvalue weighted by molar-refractivity contribution is 5.95. The summed E-state index contributed by atoms with van der Waals surface area (Å²) in [5.74, 6) is 0.494. The molecule has 1 aromatic heterocycles. The van der Waals surface area contributed by atoms with Crippen molar-refractivity contribution in [2.75, 3.05) is 13.1 Å². The average Bonchev–Trinajstić information content (AvgIpc) is 2.96. The molecule has 1 fully saturated rings. The van der Waals surface area contributed by atoms with Crippen LogP contribution in [0.3, 0.4) is 0 Å². The minimum absolute atomic E-state index is 0.0479. The third kappa shape index (κ3) is 3.01. The summed E-state index contributed by atoms with van der Waals surface area (Å²) in [5, 5.41) is 4.50. The topological polar surface area (TPSA) is 64.2 Å². The number of rotatable bonds is 3. The van der Waals surface area contributed by atoms with Gasteiger partial charge in [0.2, 0.25) is 0 Å². The van der Waals surface area contributed by atoms with Crippen LogP contribution in [-0.4, -0.2) is 39.7 Å². The first kappa shape index (κ1) is 15.7. The van der Waals surface area contributed by atoms with Gasteiger partial charge in [0.25, 0.3) is 5.91 Å². The van der Waals surface area contributed by atoms with Crippen molar-refractivity contribution in [3.63, 3.8) is 0 Å². The predicted molar refractivity (Wildman–Crippen MR) is 90.6 cm³/mol. The van der Waals surface area contributed by atoms with Crippen LogP contribution in [-0.2, 0) is 0 Å². The van der Waals surface area contributed by atoms with E-state index in [9.17, 15) is 4.79 Å². The highest BCUT2D eigenvalue weighted by Crippen LogP contribution is 2.25. The number of hydrogen-bond acceptors (Lipinski definition) is 3. The maximum atomic E-state index is 13.0. The van der Waals surface area contributed by atoms with E-state index in [-0.39, 0.29) is 11.9 Å². The Hall–Kier alpha value is -2.14. The lowest BCUT2D eigenvalue weighted by Gasteiger charge is -2.39. The van der Waals surface area contributed by atoms with Gasteiger partial charge in [-0.25, -0.2) is 4.68 Å². The molecule has 0 aliphatic carbocycles. The van der Waals surface area contributed by atoms with Crippen LogP contribution in [0.1, 0.15) is 35.8 Å². The molecule has 2 atom stereocenters. The van der Waals surface area contributed by atoms with Crippen LogP contribution in [0.25, 0.3) is 5.69 Å². The number of likely N-dealkylation sites (tertiary alicyclic amines) is 1. The Morgan fingerprint density at radius 1 is 1.35 bits per heavy atom. The summed E-state index contributed by atoms with van der Waals surface area (Å²) in [5.41, 5.74) is 8.30. The first-order chi connectivity index (χ1) is 11.1. The van der Waals surface area contributed by atoms with Crippen molar-refractivity contribution in [1.82, 2.24) is 14.7 Å². The summed E-state index contributed by atoms with van der Waals surface area (Å²) >= 11 is 0. The summed E-state index contributed by atoms with van der Waals surface area (Å²) in [6.45, 7) is 5.36. The molecule has 122 valence electrons. The number of nitrogens with zero attached hydrogens (tertiary/aromatic N) is 3. The Labute approximate surface area is 137 Å². The van der Waals surface area contributed by atoms with Crippen LogP contribution < -0.4 is 5.73 Å². The number of nitrogens with two attached hydrogens (primary N) is 1. The summed E-state index contributed by atoms with van der Waals surface area (Å²) < 4.78 is 1.77. The molecular formula is C18H24N4O. The van der Waals surface area contributed by atoms with Gasteiger partial charge in [-0.05, 0) is 37.8 Å². The minimum Gasteiger partial charge on any atom is -0.334 e. The second kappa shape index (κ2) is 6.54. The van der Waals surface area contributed by atoms with Gasteiger partial charge >= 0.3 is 0 Å². The zero-order valence-electron chi connectivity index (χ0n) is 13.8. The molecule has 1 saturated heterocycles. The van der Waals surface area contributed by atoms with E-state index in [1.807, 2.05) is 48.4 Å². The molecule has 5 nitrogen and oxygen atoms in total. The lowest BCUT2D eigenvalue weighted by molar-refractivity contribution is 0.0532. The molecule has 0 saturated carbocycles. The molecule has 0 radical (unpaired) electrons. The van der Waals surface area contributed by atoms with Crippen molar-refractivity contribution in [3.8, 4) is 5.69 Å². The van der Waals surface area contributed by atoms with Crippen molar-refractivity contribution in [3.05, 3.63) is 47.8 Å². The Balaban J connectivity index is 1.89. The Morgan fingerprint density at radius 2 is 2.09 bits per heavy atom. The number of carbonyl (C=O) groups is 1. The molecule has 1 amide bonds. The highest BCUT2D eigenvalue weighted by Gasteiger charge is 2.32. The van der Waals surface area contributed by atoms with Gasteiger partial charge in [0, 0.05) is 25.3 Å². The standard InChI is InChI=1S/C18H24N4O/c1-13-7-6-10-21(17(13)11-19)18(23)16-12-22(20-14(16)2)15-8-4-3-5-9-15/h3-5,8-9,12-13,17H,6-7,10-11,19H2,1-2H3/t13-,17+/m0/s1. The molecule has 0 unspecified atom stereocenters. The van der Waals surface area contributed by atoms with E-state index in [4.69, 9.17) is 5.73 Å². The van der Waals surface area contributed by atoms with E-state index >= 15 is 0 Å². The molecular weight excluding hydrogens is 288 g/mol. The van der Waals surface area contributed by atoms with Crippen LogP contribution in [0, 0.1) is 12.8 Å². The summed E-state index contributed by atoms with van der Waals surface area (Å²) in [7, 11) is 0. The molecule has 0 bridgehead atoms. The van der Waals surface area contributed by atoms with Crippen molar-refractivity contribution in [2.24, 2.45) is 11.7 Å². The van der Waals surface area contributed by atoms with Crippen molar-refractivity contribution in [2.45, 2.75) is 32.7 Å². The first-order valence-electron chi connectivity index (χ1n) is 8.24. The normalized spacial score (nSPS) is 21.4. The molecule has 23 heavy (non-hydrogen) atoms. The number of aryl methyl sites for hydroxylation is 1. The summed E-state index contributed by atoms with van der Waals surface area (Å²) in [4.78, 5) is 14.9. The van der Waals surface area contributed by atoms with Gasteiger partial charge in [0.1, 0.15) is 0 Å². The SMILES string of the molecule is Cc1nn(-c2ccccc2)cc1C(=O)N1CCC[C@H](C)[C@H]1CN. The van der Waals surface area contributed by atoms with Crippen LogP contribution in [0.15, 0.2) is 36.5 Å². The number of para-hydroxylation sites is 1. The number of hydrogen-bond donors (Lipinski definition) is 1. The maximum Gasteiger partial charge on any atom is 0.257 e. The van der Waals surface area contributed by atoms with Crippen molar-refractivity contribution < 1.29 is 4.79 Å². The van der Waals surface area contributed by atoms with Crippen molar-refractivity contribution >= 4 is 5.91 Å². The Bertz CT molecular complexity index is 680. The van der Waals surface area contributed by atoms with Gasteiger partial charge in [-0.1, -0.05) is 25.1 Å². The quantitative estimate of drug-likeness (QED) is 0.946. The fourth-order valence-electron chi connectivity index (χ4n) is 3.40. The Morgan fingerprint density at radius 3 is 2.78 bits per heavy atom. The van der Waals surface area contributed by atoms with Gasteiger partial charge in [0.05, 0.1) is 16.9 Å². The van der Waals surface area contributed by atoms with Crippen molar-refractivity contribution in [1.29, 1.82) is 0 Å². The Kier molecular flexibility index (Phi) is 4.48. The average molecular weight is 312 g/mol. The molecule has 2 heterocycles. The van der Waals surface area contributed by atoms with Crippen LogP contribution in [0.4, 0.5) is 0 Å². The summed E-state index contributed by atoms with van der Waals surface area (Å²) in [6, 6.07) is 9.97. The molecule has 1 aliphatic rings. The minimum atomic E-state index is 0.0479. The van der Waals surface area contributed by atoms with E-state index in [1.54, 1.807) is 4.68 Å². The van der Waals surface area contributed by atoms with Crippen LogP contribution in [0.5, 0.6) is 0 Å². The number of amides is 1. The number of aromatic nitrogens is 2. The van der Waals surface area contributed by atoms with Crippen LogP contribution in [0.2, 0.25) is 0 Å². The zero-order chi connectivity index (χ0) is 16.4. The van der Waals surface area contributed by atoms with E-state index in [0.717, 1.165) is 30.8 Å². The fraction of sp³-hybridized carbons (Fsp3) is 0.444. The third-order valence-electron chi connectivity index (χ3n) is 4.77. The van der Waals surface area contributed by atoms with E-state index in [2.05, 4.69) is 12.0 Å². The highest BCUT2D eigenvalue weighted by atomic mass is 16.2. The lowest BCUT2D eigenvalue weighted by atomic mass is 9.90. The zero-order valence-corrected chi connectivity index (χ0v) is 13.8. The summed E-state index contributed by atoms with van der Waals surface area (Å²) in [6.07, 6.45) is 4.00. The fourth-order valence-corrected chi connectivity index (χ4v) is 3.40. The van der Waals surface area contributed by atoms with E-state index in [0.29, 0.717) is 18.0 Å². The number of benzene rings is 1. The molecule has 3 rings (SSSR count). The predicted octanol–water partition coefficient (Wildman–Crippen LogP) is 2.38. The number of carbonyl (C=O) groups excluding carboxylic acids is 1. The lowest BCUT2D eigenvalue weighted by Crippen LogP contribution is -2.51. The van der Waals surface area contributed by atoms with Gasteiger partial charge in [-0.2, -0.15) is 5.10 Å². The molecule has 1 aliphatic heterocycles. The second-order valence-electron chi connectivity index (χ2n) is 6.33. The maximum absolute atomic E-state index is 13.0. The van der Waals surface area contributed by atoms with Gasteiger partial charge < -0.3 is 10.6 Å². The van der Waals surface area contributed by atoms with Gasteiger partial charge in [-0.3, -0.25) is 4.79 Å². The van der Waals surface area contributed by atoms with Gasteiger partial charge in [0.15, 0.2) is 0 Å². The molecule has 2 N–H and O–H groups in total. The van der Waals surface area contributed by atoms with Crippen LogP contribution >= 0.6 is 0 Å². The van der Waals surface area contributed by atoms with Gasteiger partial charge in [-0.15, -0.1) is 0 Å². The molecule has 2 aromatic rings. The number of piperidine rings is 1. The molecule has 1 aromatic carbocycles. The molecule has 0 spiro atoms. The van der Waals surface area contributed by atoms with E-state index in [1.165, 1.54) is 0 Å². The molecule has 5 heteroatoms. The monoisotopic (exact) mass is 312 g/mol. The smallest absolute Gasteiger partial charge is 0.257 e. The largest absolute Gasteiger partial charge is 0.334 e. The first-order valence-corrected chi connectivity index (χ1v) is 8.24. The van der Waals surface area contributed by atoms with E-state index < -0.39 is 0 Å². The third-order valence-corrected chi connectivity index (χ3v) is 4.77.